The average Bonchev–Trinajstić information content (AvgIpc) is 2.84. The molecule has 0 radical (unpaired) electrons. The van der Waals surface area contributed by atoms with Gasteiger partial charge in [-0.05, 0) is 35.9 Å². The summed E-state index contributed by atoms with van der Waals surface area (Å²) in [6.45, 7) is 5.74. The first-order valence-electron chi connectivity index (χ1n) is 6.51. The molecule has 1 heterocycles. The Morgan fingerprint density at radius 1 is 1.40 bits per heavy atom. The van der Waals surface area contributed by atoms with Gasteiger partial charge < -0.3 is 10.1 Å². The Kier molecular flexibility index (Phi) is 6.60. The summed E-state index contributed by atoms with van der Waals surface area (Å²) in [5, 5.41) is 4.87. The largest absolute Gasteiger partial charge is 0.385 e. The van der Waals surface area contributed by atoms with Crippen LogP contribution in [0, 0.1) is 5.41 Å². The molecule has 1 aromatic rings. The molecule has 0 aliphatic rings. The first-order valence-corrected chi connectivity index (χ1v) is 8.87. The molecule has 5 nitrogen and oxygen atoms in total. The minimum absolute atomic E-state index is 0.131. The van der Waals surface area contributed by atoms with Gasteiger partial charge in [-0.25, -0.2) is 13.1 Å². The van der Waals surface area contributed by atoms with E-state index in [2.05, 4.69) is 10.0 Å². The lowest BCUT2D eigenvalue weighted by Crippen LogP contribution is -2.34. The SMILES string of the molecule is CNCc1csc(S(=O)(=O)NCC(C)(C)CCOC)c1. The van der Waals surface area contributed by atoms with Crippen molar-refractivity contribution < 1.29 is 13.2 Å². The van der Waals surface area contributed by atoms with Crippen LogP contribution in [0.3, 0.4) is 0 Å². The molecule has 0 aliphatic carbocycles. The van der Waals surface area contributed by atoms with Crippen LogP contribution in [0.5, 0.6) is 0 Å². The first kappa shape index (κ1) is 17.6. The predicted molar refractivity (Wildman–Crippen MR) is 82.5 cm³/mol. The zero-order valence-electron chi connectivity index (χ0n) is 12.5. The van der Waals surface area contributed by atoms with Gasteiger partial charge in [0.1, 0.15) is 4.21 Å². The first-order chi connectivity index (χ1) is 9.30. The number of rotatable bonds is 9. The van der Waals surface area contributed by atoms with Gasteiger partial charge in [0.25, 0.3) is 0 Å². The van der Waals surface area contributed by atoms with Crippen LogP contribution < -0.4 is 10.0 Å². The molecule has 0 unspecified atom stereocenters. The highest BCUT2D eigenvalue weighted by Gasteiger charge is 2.23. The highest BCUT2D eigenvalue weighted by Crippen LogP contribution is 2.23. The van der Waals surface area contributed by atoms with E-state index >= 15 is 0 Å². The van der Waals surface area contributed by atoms with Crippen molar-refractivity contribution in [1.82, 2.24) is 10.0 Å². The van der Waals surface area contributed by atoms with Gasteiger partial charge in [-0.1, -0.05) is 13.8 Å². The van der Waals surface area contributed by atoms with E-state index in [4.69, 9.17) is 4.74 Å². The predicted octanol–water partition coefficient (Wildman–Crippen LogP) is 1.81. The quantitative estimate of drug-likeness (QED) is 0.728. The van der Waals surface area contributed by atoms with Crippen LogP contribution >= 0.6 is 11.3 Å². The number of thiophene rings is 1. The minimum Gasteiger partial charge on any atom is -0.385 e. The van der Waals surface area contributed by atoms with E-state index in [-0.39, 0.29) is 5.41 Å². The van der Waals surface area contributed by atoms with Crippen molar-refractivity contribution in [1.29, 1.82) is 0 Å². The molecule has 7 heteroatoms. The highest BCUT2D eigenvalue weighted by molar-refractivity contribution is 7.91. The Hall–Kier alpha value is -0.470. The van der Waals surface area contributed by atoms with E-state index < -0.39 is 10.0 Å². The summed E-state index contributed by atoms with van der Waals surface area (Å²) in [5.41, 5.74) is 0.852. The summed E-state index contributed by atoms with van der Waals surface area (Å²) < 4.78 is 32.5. The summed E-state index contributed by atoms with van der Waals surface area (Å²) in [7, 11) is 0.0677. The van der Waals surface area contributed by atoms with Gasteiger partial charge in [-0.2, -0.15) is 0 Å². The third-order valence-corrected chi connectivity index (χ3v) is 5.89. The van der Waals surface area contributed by atoms with Gasteiger partial charge in [-0.3, -0.25) is 0 Å². The normalized spacial score (nSPS) is 12.8. The molecule has 0 fully saturated rings. The molecule has 0 saturated carbocycles. The fraction of sp³-hybridized carbons (Fsp3) is 0.692. The van der Waals surface area contributed by atoms with Gasteiger partial charge in [0.2, 0.25) is 10.0 Å². The lowest BCUT2D eigenvalue weighted by atomic mass is 9.90. The van der Waals surface area contributed by atoms with Crippen molar-refractivity contribution in [3.63, 3.8) is 0 Å². The second-order valence-corrected chi connectivity index (χ2v) is 8.44. The van der Waals surface area contributed by atoms with E-state index in [1.807, 2.05) is 26.3 Å². The van der Waals surface area contributed by atoms with E-state index in [0.717, 1.165) is 12.0 Å². The maximum Gasteiger partial charge on any atom is 0.250 e. The molecule has 116 valence electrons. The maximum absolute atomic E-state index is 12.2. The molecule has 2 N–H and O–H groups in total. The molecule has 1 rings (SSSR count). The van der Waals surface area contributed by atoms with Crippen molar-refractivity contribution in [2.24, 2.45) is 5.41 Å². The number of sulfonamides is 1. The van der Waals surface area contributed by atoms with Gasteiger partial charge in [0.05, 0.1) is 0 Å². The number of hydrogen-bond acceptors (Lipinski definition) is 5. The Balaban J connectivity index is 2.64. The standard InChI is InChI=1S/C13H24N2O3S2/c1-13(2,5-6-18-4)10-15-20(16,17)12-7-11(8-14-3)9-19-12/h7,9,14-15H,5-6,8,10H2,1-4H3. The van der Waals surface area contributed by atoms with Crippen LogP contribution in [0.4, 0.5) is 0 Å². The van der Waals surface area contributed by atoms with E-state index in [0.29, 0.717) is 23.9 Å². The molecular weight excluding hydrogens is 296 g/mol. The van der Waals surface area contributed by atoms with Crippen LogP contribution in [0.25, 0.3) is 0 Å². The molecule has 0 atom stereocenters. The molecule has 0 saturated heterocycles. The topological polar surface area (TPSA) is 67.4 Å². The minimum atomic E-state index is -3.42. The highest BCUT2D eigenvalue weighted by atomic mass is 32.2. The molecule has 1 aromatic heterocycles. The molecule has 0 spiro atoms. The van der Waals surface area contributed by atoms with Crippen LogP contribution in [0.15, 0.2) is 15.7 Å². The second-order valence-electron chi connectivity index (χ2n) is 5.54. The Bertz CT molecular complexity index is 509. The monoisotopic (exact) mass is 320 g/mol. The smallest absolute Gasteiger partial charge is 0.250 e. The van der Waals surface area contributed by atoms with Crippen molar-refractivity contribution in [3.05, 3.63) is 17.0 Å². The fourth-order valence-electron chi connectivity index (χ4n) is 1.62. The maximum atomic E-state index is 12.2. The third-order valence-electron chi connectivity index (χ3n) is 3.00. The zero-order chi connectivity index (χ0) is 15.2. The lowest BCUT2D eigenvalue weighted by Gasteiger charge is -2.24. The van der Waals surface area contributed by atoms with Crippen molar-refractivity contribution in [2.75, 3.05) is 27.3 Å². The average molecular weight is 320 g/mol. The summed E-state index contributed by atoms with van der Waals surface area (Å²) in [6.07, 6.45) is 0.807. The molecule has 0 aliphatic heterocycles. The van der Waals surface area contributed by atoms with Gasteiger partial charge in [0.15, 0.2) is 0 Å². The van der Waals surface area contributed by atoms with Gasteiger partial charge >= 0.3 is 0 Å². The van der Waals surface area contributed by atoms with E-state index in [1.54, 1.807) is 13.2 Å². The molecule has 0 bridgehead atoms. The number of hydrogen-bond donors (Lipinski definition) is 2. The zero-order valence-corrected chi connectivity index (χ0v) is 14.2. The molecule has 0 aromatic carbocycles. The van der Waals surface area contributed by atoms with Gasteiger partial charge in [-0.15, -0.1) is 11.3 Å². The summed E-state index contributed by atoms with van der Waals surface area (Å²) in [6, 6.07) is 1.71. The molecular formula is C13H24N2O3S2. The second kappa shape index (κ2) is 7.51. The number of ether oxygens (including phenoxy) is 1. The van der Waals surface area contributed by atoms with Crippen molar-refractivity contribution >= 4 is 21.4 Å². The van der Waals surface area contributed by atoms with E-state index in [9.17, 15) is 8.42 Å². The van der Waals surface area contributed by atoms with Crippen LogP contribution in [0.2, 0.25) is 0 Å². The molecule has 20 heavy (non-hydrogen) atoms. The summed E-state index contributed by atoms with van der Waals surface area (Å²) in [5.74, 6) is 0. The Morgan fingerprint density at radius 3 is 2.70 bits per heavy atom. The number of nitrogens with one attached hydrogen (secondary N) is 2. The summed E-state index contributed by atoms with van der Waals surface area (Å²) >= 11 is 1.25. The number of methoxy groups -OCH3 is 1. The van der Waals surface area contributed by atoms with Crippen LogP contribution in [-0.4, -0.2) is 35.7 Å². The lowest BCUT2D eigenvalue weighted by molar-refractivity contribution is 0.153. The third kappa shape index (κ3) is 5.49. The Labute approximate surface area is 125 Å². The van der Waals surface area contributed by atoms with Crippen LogP contribution in [0.1, 0.15) is 25.8 Å². The fourth-order valence-corrected chi connectivity index (χ4v) is 4.11. The summed E-state index contributed by atoms with van der Waals surface area (Å²) in [4.78, 5) is 0. The van der Waals surface area contributed by atoms with E-state index in [1.165, 1.54) is 11.3 Å². The molecule has 0 amide bonds. The van der Waals surface area contributed by atoms with Crippen molar-refractivity contribution in [3.8, 4) is 0 Å². The Morgan fingerprint density at radius 2 is 2.10 bits per heavy atom. The van der Waals surface area contributed by atoms with Gasteiger partial charge in [0, 0.05) is 26.8 Å². The van der Waals surface area contributed by atoms with Crippen LogP contribution in [-0.2, 0) is 21.3 Å². The van der Waals surface area contributed by atoms with Crippen molar-refractivity contribution in [2.45, 2.75) is 31.0 Å².